The average Bonchev–Trinajstić information content (AvgIpc) is 3.56. The van der Waals surface area contributed by atoms with Gasteiger partial charge in [0.1, 0.15) is 11.8 Å². The lowest BCUT2D eigenvalue weighted by Gasteiger charge is -2.43. The second-order valence-electron chi connectivity index (χ2n) is 11.8. The maximum atomic E-state index is 12.4. The maximum Gasteiger partial charge on any atom is 0.305 e. The molecule has 3 atom stereocenters. The molecule has 5 rings (SSSR count). The Labute approximate surface area is 237 Å². The Bertz CT molecular complexity index is 1400. The van der Waals surface area contributed by atoms with Gasteiger partial charge in [-0.15, -0.1) is 0 Å². The maximum absolute atomic E-state index is 12.4. The zero-order valence-electron chi connectivity index (χ0n) is 23.8. The third-order valence-electron chi connectivity index (χ3n) is 8.48. The largest absolute Gasteiger partial charge is 0.469 e. The normalized spacial score (nSPS) is 19.6. The van der Waals surface area contributed by atoms with E-state index in [1.54, 1.807) is 6.33 Å². The number of aromatic nitrogens is 4. The van der Waals surface area contributed by atoms with Gasteiger partial charge in [-0.3, -0.25) is 4.79 Å². The van der Waals surface area contributed by atoms with Crippen LogP contribution in [0.4, 0.5) is 5.82 Å². The standard InChI is InChI=1S/C31H39N5O3Si/c1-31(2,3)40(25-11-7-5-8-12-25,26-13-9-6-10-14-26)39-16-15-22-17-24(18-23(22)19-27(37)38-4)36-21-35-28-29(32)33-20-34-30(28)36/h5-14,20-24H,15-19H2,1-4H3,(H2,32,33,34)/t22-,23+,24+/m0/s1. The highest BCUT2D eigenvalue weighted by molar-refractivity contribution is 6.99. The highest BCUT2D eigenvalue weighted by Crippen LogP contribution is 2.45. The molecule has 9 heteroatoms. The molecule has 2 aromatic heterocycles. The number of hydrogen-bond donors (Lipinski definition) is 1. The lowest BCUT2D eigenvalue weighted by molar-refractivity contribution is -0.142. The van der Waals surface area contributed by atoms with Gasteiger partial charge in [-0.1, -0.05) is 81.4 Å². The van der Waals surface area contributed by atoms with Crippen molar-refractivity contribution in [3.63, 3.8) is 0 Å². The lowest BCUT2D eigenvalue weighted by atomic mass is 9.90. The van der Waals surface area contributed by atoms with Gasteiger partial charge < -0.3 is 19.5 Å². The zero-order chi connectivity index (χ0) is 28.3. The van der Waals surface area contributed by atoms with Crippen LogP contribution in [0.1, 0.15) is 52.5 Å². The van der Waals surface area contributed by atoms with Crippen LogP contribution >= 0.6 is 0 Å². The molecule has 0 unspecified atom stereocenters. The van der Waals surface area contributed by atoms with Gasteiger partial charge in [0.2, 0.25) is 0 Å². The molecule has 0 spiro atoms. The minimum absolute atomic E-state index is 0.0886. The van der Waals surface area contributed by atoms with E-state index in [1.165, 1.54) is 23.8 Å². The molecule has 2 heterocycles. The Morgan fingerprint density at radius 3 is 2.20 bits per heavy atom. The minimum Gasteiger partial charge on any atom is -0.469 e. The fourth-order valence-corrected chi connectivity index (χ4v) is 11.1. The molecule has 1 aliphatic rings. The Morgan fingerprint density at radius 1 is 0.975 bits per heavy atom. The number of fused-ring (bicyclic) bond motifs is 1. The quantitative estimate of drug-likeness (QED) is 0.239. The van der Waals surface area contributed by atoms with Crippen molar-refractivity contribution in [2.45, 2.75) is 57.5 Å². The van der Waals surface area contributed by atoms with Crippen molar-refractivity contribution in [1.82, 2.24) is 19.5 Å². The number of benzene rings is 2. The summed E-state index contributed by atoms with van der Waals surface area (Å²) >= 11 is 0. The van der Waals surface area contributed by atoms with Crippen LogP contribution in [0.25, 0.3) is 11.2 Å². The van der Waals surface area contributed by atoms with Gasteiger partial charge in [0.25, 0.3) is 8.32 Å². The Morgan fingerprint density at radius 2 is 1.60 bits per heavy atom. The lowest BCUT2D eigenvalue weighted by Crippen LogP contribution is -2.66. The molecule has 8 nitrogen and oxygen atoms in total. The second-order valence-corrected chi connectivity index (χ2v) is 16.1. The van der Waals surface area contributed by atoms with E-state index in [-0.39, 0.29) is 23.0 Å². The van der Waals surface area contributed by atoms with E-state index in [0.717, 1.165) is 24.9 Å². The number of carbonyl (C=O) groups is 1. The average molecular weight is 558 g/mol. The molecular formula is C31H39N5O3Si. The van der Waals surface area contributed by atoms with Gasteiger partial charge in [-0.05, 0) is 46.5 Å². The third kappa shape index (κ3) is 5.27. The van der Waals surface area contributed by atoms with Crippen LogP contribution < -0.4 is 16.1 Å². The third-order valence-corrected chi connectivity index (χ3v) is 13.5. The molecule has 0 saturated heterocycles. The Kier molecular flexibility index (Phi) is 8.05. The number of hydrogen-bond acceptors (Lipinski definition) is 7. The number of anilines is 1. The van der Waals surface area contributed by atoms with E-state index in [2.05, 4.69) is 101 Å². The Hall–Kier alpha value is -3.56. The first-order valence-corrected chi connectivity index (χ1v) is 15.9. The number of nitrogens with two attached hydrogens (primary N) is 1. The van der Waals surface area contributed by atoms with Gasteiger partial charge in [0.15, 0.2) is 11.5 Å². The van der Waals surface area contributed by atoms with Crippen molar-refractivity contribution < 1.29 is 14.0 Å². The summed E-state index contributed by atoms with van der Waals surface area (Å²) in [6.45, 7) is 7.50. The second kappa shape index (κ2) is 11.5. The minimum atomic E-state index is -2.63. The summed E-state index contributed by atoms with van der Waals surface area (Å²) in [5, 5.41) is 2.45. The van der Waals surface area contributed by atoms with Crippen molar-refractivity contribution in [1.29, 1.82) is 0 Å². The molecule has 0 radical (unpaired) electrons. The summed E-state index contributed by atoms with van der Waals surface area (Å²) in [4.78, 5) is 25.4. The monoisotopic (exact) mass is 557 g/mol. The fourth-order valence-electron chi connectivity index (χ4n) is 6.57. The van der Waals surface area contributed by atoms with Crippen LogP contribution in [0.2, 0.25) is 5.04 Å². The molecule has 0 bridgehead atoms. The molecule has 0 amide bonds. The van der Waals surface area contributed by atoms with Crippen molar-refractivity contribution in [2.75, 3.05) is 19.5 Å². The van der Waals surface area contributed by atoms with Crippen LogP contribution in [0.15, 0.2) is 73.3 Å². The predicted octanol–water partition coefficient (Wildman–Crippen LogP) is 4.51. The van der Waals surface area contributed by atoms with Crippen LogP contribution in [-0.2, 0) is 14.0 Å². The van der Waals surface area contributed by atoms with Crippen molar-refractivity contribution in [2.24, 2.45) is 11.8 Å². The number of nitrogens with zero attached hydrogens (tertiary/aromatic N) is 4. The number of rotatable bonds is 9. The molecule has 1 fully saturated rings. The molecule has 2 N–H and O–H groups in total. The molecule has 0 aliphatic heterocycles. The number of esters is 1. The number of imidazole rings is 1. The molecule has 4 aromatic rings. The first-order valence-electron chi connectivity index (χ1n) is 14.0. The van der Waals surface area contributed by atoms with E-state index in [9.17, 15) is 4.79 Å². The highest BCUT2D eigenvalue weighted by Gasteiger charge is 2.50. The van der Waals surface area contributed by atoms with E-state index < -0.39 is 8.32 Å². The summed E-state index contributed by atoms with van der Waals surface area (Å²) in [5.41, 5.74) is 7.39. The van der Waals surface area contributed by atoms with Crippen molar-refractivity contribution in [3.05, 3.63) is 73.3 Å². The van der Waals surface area contributed by atoms with Crippen LogP contribution in [-0.4, -0.2) is 47.5 Å². The van der Waals surface area contributed by atoms with E-state index in [4.69, 9.17) is 14.9 Å². The van der Waals surface area contributed by atoms with Crippen molar-refractivity contribution >= 4 is 41.6 Å². The molecular weight excluding hydrogens is 518 g/mol. The molecule has 2 aromatic carbocycles. The molecule has 210 valence electrons. The topological polar surface area (TPSA) is 105 Å². The van der Waals surface area contributed by atoms with Crippen LogP contribution in [0, 0.1) is 11.8 Å². The number of carbonyl (C=O) groups excluding carboxylic acids is 1. The zero-order valence-corrected chi connectivity index (χ0v) is 24.8. The van der Waals surface area contributed by atoms with Crippen molar-refractivity contribution in [3.8, 4) is 0 Å². The van der Waals surface area contributed by atoms with Gasteiger partial charge in [-0.25, -0.2) is 15.0 Å². The Balaban J connectivity index is 1.42. The smallest absolute Gasteiger partial charge is 0.305 e. The van der Waals surface area contributed by atoms with Gasteiger partial charge >= 0.3 is 5.97 Å². The predicted molar refractivity (Wildman–Crippen MR) is 160 cm³/mol. The van der Waals surface area contributed by atoms with Gasteiger partial charge in [0.05, 0.1) is 13.4 Å². The van der Waals surface area contributed by atoms with E-state index >= 15 is 0 Å². The molecule has 40 heavy (non-hydrogen) atoms. The summed E-state index contributed by atoms with van der Waals surface area (Å²) in [6.07, 6.45) is 6.27. The number of nitrogen functional groups attached to an aromatic ring is 1. The van der Waals surface area contributed by atoms with Gasteiger partial charge in [-0.2, -0.15) is 0 Å². The summed E-state index contributed by atoms with van der Waals surface area (Å²) in [7, 11) is -1.18. The fraction of sp³-hybridized carbons (Fsp3) is 0.419. The molecule has 1 saturated carbocycles. The summed E-state index contributed by atoms with van der Waals surface area (Å²) in [5.74, 6) is 0.671. The number of methoxy groups -OCH3 is 1. The van der Waals surface area contributed by atoms with Gasteiger partial charge in [0, 0.05) is 19.1 Å². The van der Waals surface area contributed by atoms with E-state index in [0.29, 0.717) is 30.3 Å². The van der Waals surface area contributed by atoms with Crippen LogP contribution in [0.3, 0.4) is 0 Å². The van der Waals surface area contributed by atoms with Crippen LogP contribution in [0.5, 0.6) is 0 Å². The SMILES string of the molecule is COC(=O)C[C@H]1C[C@H](n2cnc3c(N)ncnc32)C[C@@H]1CCO[Si](c1ccccc1)(c1ccccc1)C(C)(C)C. The first kappa shape index (κ1) is 28.0. The number of ether oxygens (including phenoxy) is 1. The molecule has 1 aliphatic carbocycles. The first-order chi connectivity index (χ1) is 19.2. The van der Waals surface area contributed by atoms with E-state index in [1.807, 2.05) is 0 Å². The highest BCUT2D eigenvalue weighted by atomic mass is 28.4. The summed E-state index contributed by atoms with van der Waals surface area (Å²) in [6, 6.07) is 21.6. The summed E-state index contributed by atoms with van der Waals surface area (Å²) < 4.78 is 14.4.